The minimum atomic E-state index is 0.393. The molecule has 0 aromatic heterocycles. The molecule has 1 heteroatoms. The van der Waals surface area contributed by atoms with Crippen LogP contribution < -0.4 is 5.32 Å². The van der Waals surface area contributed by atoms with Gasteiger partial charge in [0.05, 0.1) is 0 Å². The summed E-state index contributed by atoms with van der Waals surface area (Å²) in [5, 5.41) is 3.21. The van der Waals surface area contributed by atoms with Crippen molar-refractivity contribution in [3.8, 4) is 0 Å². The Balaban J connectivity index is 2.50. The molecule has 0 saturated carbocycles. The first kappa shape index (κ1) is 11.3. The van der Waals surface area contributed by atoms with E-state index in [9.17, 15) is 0 Å². The molecule has 0 heterocycles. The molecule has 1 rings (SSSR count). The molecule has 14 heavy (non-hydrogen) atoms. The van der Waals surface area contributed by atoms with E-state index < -0.39 is 0 Å². The highest BCUT2D eigenvalue weighted by molar-refractivity contribution is 5.16. The molecule has 1 aromatic rings. The van der Waals surface area contributed by atoms with Gasteiger partial charge in [0, 0.05) is 0 Å². The molecule has 1 N–H and O–H groups in total. The third-order valence-corrected chi connectivity index (χ3v) is 2.58. The van der Waals surface area contributed by atoms with Crippen molar-refractivity contribution < 1.29 is 0 Å². The first-order valence-electron chi connectivity index (χ1n) is 5.32. The molecule has 0 unspecified atom stereocenters. The van der Waals surface area contributed by atoms with E-state index in [0.717, 1.165) is 13.0 Å². The van der Waals surface area contributed by atoms with Crippen LogP contribution in [0.1, 0.15) is 25.8 Å². The number of hydrogen-bond donors (Lipinski definition) is 1. The van der Waals surface area contributed by atoms with Crippen molar-refractivity contribution in [2.75, 3.05) is 13.6 Å². The Hall–Kier alpha value is -0.820. The average Bonchev–Trinajstić information content (AvgIpc) is 2.16. The van der Waals surface area contributed by atoms with Gasteiger partial charge in [0.25, 0.3) is 0 Å². The highest BCUT2D eigenvalue weighted by Crippen LogP contribution is 2.25. The van der Waals surface area contributed by atoms with Crippen molar-refractivity contribution in [2.45, 2.75) is 26.7 Å². The van der Waals surface area contributed by atoms with E-state index in [1.807, 2.05) is 7.05 Å². The van der Waals surface area contributed by atoms with Crippen LogP contribution in [-0.4, -0.2) is 13.6 Å². The predicted molar refractivity (Wildman–Crippen MR) is 62.5 cm³/mol. The molecule has 0 amide bonds. The van der Waals surface area contributed by atoms with Crippen LogP contribution in [0.3, 0.4) is 0 Å². The summed E-state index contributed by atoms with van der Waals surface area (Å²) >= 11 is 0. The maximum atomic E-state index is 3.21. The van der Waals surface area contributed by atoms with Crippen LogP contribution in [0.25, 0.3) is 0 Å². The summed E-state index contributed by atoms with van der Waals surface area (Å²) in [5.41, 5.74) is 1.83. The predicted octanol–water partition coefficient (Wildman–Crippen LogP) is 2.86. The number of benzene rings is 1. The fourth-order valence-electron chi connectivity index (χ4n) is 1.70. The Morgan fingerprint density at radius 3 is 2.36 bits per heavy atom. The summed E-state index contributed by atoms with van der Waals surface area (Å²) in [6.07, 6.45) is 2.38. The van der Waals surface area contributed by atoms with Crippen molar-refractivity contribution in [1.82, 2.24) is 5.32 Å². The first-order valence-corrected chi connectivity index (χ1v) is 5.32. The smallest absolute Gasteiger partial charge is 0.00467 e. The van der Waals surface area contributed by atoms with Crippen LogP contribution in [0, 0.1) is 5.41 Å². The third-order valence-electron chi connectivity index (χ3n) is 2.58. The molecule has 78 valence electrons. The molecule has 0 fully saturated rings. The summed E-state index contributed by atoms with van der Waals surface area (Å²) in [4.78, 5) is 0. The molecule has 1 aromatic carbocycles. The van der Waals surface area contributed by atoms with Crippen molar-refractivity contribution >= 4 is 0 Å². The van der Waals surface area contributed by atoms with Gasteiger partial charge in [-0.1, -0.05) is 44.2 Å². The van der Waals surface area contributed by atoms with Crippen molar-refractivity contribution in [3.05, 3.63) is 35.9 Å². The van der Waals surface area contributed by atoms with E-state index in [0.29, 0.717) is 5.41 Å². The fourth-order valence-corrected chi connectivity index (χ4v) is 1.70. The zero-order valence-electron chi connectivity index (χ0n) is 9.51. The van der Waals surface area contributed by atoms with Crippen molar-refractivity contribution in [3.63, 3.8) is 0 Å². The highest BCUT2D eigenvalue weighted by Gasteiger charge is 2.17. The maximum Gasteiger partial charge on any atom is -0.00467 e. The van der Waals surface area contributed by atoms with E-state index >= 15 is 0 Å². The van der Waals surface area contributed by atoms with Gasteiger partial charge >= 0.3 is 0 Å². The topological polar surface area (TPSA) is 12.0 Å². The summed E-state index contributed by atoms with van der Waals surface area (Å²) < 4.78 is 0. The van der Waals surface area contributed by atoms with E-state index in [4.69, 9.17) is 0 Å². The Morgan fingerprint density at radius 2 is 1.79 bits per heavy atom. The van der Waals surface area contributed by atoms with Gasteiger partial charge in [-0.2, -0.15) is 0 Å². The minimum Gasteiger partial charge on any atom is -0.320 e. The molecule has 0 atom stereocenters. The lowest BCUT2D eigenvalue weighted by Gasteiger charge is -2.24. The quantitative estimate of drug-likeness (QED) is 0.754. The van der Waals surface area contributed by atoms with Gasteiger partial charge in [-0.3, -0.25) is 0 Å². The minimum absolute atomic E-state index is 0.393. The lowest BCUT2D eigenvalue weighted by atomic mass is 9.83. The summed E-state index contributed by atoms with van der Waals surface area (Å²) in [6.45, 7) is 5.76. The fraction of sp³-hybridized carbons (Fsp3) is 0.538. The number of nitrogens with one attached hydrogen (secondary N) is 1. The molecule has 1 nitrogen and oxygen atoms in total. The van der Waals surface area contributed by atoms with Gasteiger partial charge < -0.3 is 5.32 Å². The molecule has 0 aliphatic rings. The van der Waals surface area contributed by atoms with Crippen LogP contribution in [0.4, 0.5) is 0 Å². The Labute approximate surface area is 87.5 Å². The van der Waals surface area contributed by atoms with Crippen molar-refractivity contribution in [1.29, 1.82) is 0 Å². The van der Waals surface area contributed by atoms with Gasteiger partial charge in [0.15, 0.2) is 0 Å². The standard InChI is InChI=1S/C13H21N/c1-13(2,9-10-14-3)11-12-7-5-4-6-8-12/h4-8,14H,9-11H2,1-3H3. The molecular formula is C13H21N. The molecule has 0 aliphatic heterocycles. The Morgan fingerprint density at radius 1 is 1.14 bits per heavy atom. The zero-order chi connectivity index (χ0) is 10.4. The van der Waals surface area contributed by atoms with Gasteiger partial charge in [-0.15, -0.1) is 0 Å². The molecule has 0 aliphatic carbocycles. The molecule has 0 radical (unpaired) electrons. The number of rotatable bonds is 5. The highest BCUT2D eigenvalue weighted by atomic mass is 14.8. The third kappa shape index (κ3) is 3.93. The molecular weight excluding hydrogens is 170 g/mol. The second-order valence-electron chi connectivity index (χ2n) is 4.68. The second-order valence-corrected chi connectivity index (χ2v) is 4.68. The zero-order valence-corrected chi connectivity index (χ0v) is 9.51. The Bertz CT molecular complexity index is 251. The van der Waals surface area contributed by atoms with Gasteiger partial charge in [-0.25, -0.2) is 0 Å². The summed E-state index contributed by atoms with van der Waals surface area (Å²) in [6, 6.07) is 10.7. The summed E-state index contributed by atoms with van der Waals surface area (Å²) in [7, 11) is 2.01. The van der Waals surface area contributed by atoms with Crippen LogP contribution in [0.2, 0.25) is 0 Å². The van der Waals surface area contributed by atoms with Crippen LogP contribution >= 0.6 is 0 Å². The largest absolute Gasteiger partial charge is 0.320 e. The van der Waals surface area contributed by atoms with Crippen molar-refractivity contribution in [2.24, 2.45) is 5.41 Å². The monoisotopic (exact) mass is 191 g/mol. The van der Waals surface area contributed by atoms with E-state index in [2.05, 4.69) is 49.5 Å². The van der Waals surface area contributed by atoms with Gasteiger partial charge in [-0.05, 0) is 37.4 Å². The number of hydrogen-bond acceptors (Lipinski definition) is 1. The molecule has 0 bridgehead atoms. The second kappa shape index (κ2) is 5.16. The lowest BCUT2D eigenvalue weighted by molar-refractivity contribution is 0.329. The van der Waals surface area contributed by atoms with Crippen LogP contribution in [0.15, 0.2) is 30.3 Å². The Kier molecular flexibility index (Phi) is 4.15. The van der Waals surface area contributed by atoms with E-state index in [1.165, 1.54) is 12.0 Å². The van der Waals surface area contributed by atoms with Gasteiger partial charge in [0.2, 0.25) is 0 Å². The maximum absolute atomic E-state index is 3.21. The normalized spacial score (nSPS) is 11.6. The SMILES string of the molecule is CNCCC(C)(C)Cc1ccccc1. The summed E-state index contributed by atoms with van der Waals surface area (Å²) in [5.74, 6) is 0. The first-order chi connectivity index (χ1) is 6.64. The average molecular weight is 191 g/mol. The lowest BCUT2D eigenvalue weighted by Crippen LogP contribution is -2.21. The van der Waals surface area contributed by atoms with E-state index in [-0.39, 0.29) is 0 Å². The van der Waals surface area contributed by atoms with E-state index in [1.54, 1.807) is 0 Å². The van der Waals surface area contributed by atoms with Gasteiger partial charge in [0.1, 0.15) is 0 Å². The van der Waals surface area contributed by atoms with Crippen LogP contribution in [0.5, 0.6) is 0 Å². The molecule has 0 spiro atoms. The molecule has 0 saturated heterocycles. The van der Waals surface area contributed by atoms with Crippen LogP contribution in [-0.2, 0) is 6.42 Å².